The zero-order valence-electron chi connectivity index (χ0n) is 10.5. The average molecular weight is 378 g/mol. The quantitative estimate of drug-likeness (QED) is 0.642. The van der Waals surface area contributed by atoms with Gasteiger partial charge >= 0.3 is 0 Å². The van der Waals surface area contributed by atoms with Gasteiger partial charge in [-0.2, -0.15) is 0 Å². The van der Waals surface area contributed by atoms with Gasteiger partial charge < -0.3 is 8.98 Å². The molecule has 2 aromatic heterocycles. The molecule has 100 valence electrons. The van der Waals surface area contributed by atoms with Gasteiger partial charge in [-0.25, -0.2) is 4.98 Å². The van der Waals surface area contributed by atoms with E-state index in [4.69, 9.17) is 4.42 Å². The zero-order valence-corrected chi connectivity index (χ0v) is 12.7. The monoisotopic (exact) mass is 378 g/mol. The lowest BCUT2D eigenvalue weighted by atomic mass is 10.2. The van der Waals surface area contributed by atoms with Crippen molar-refractivity contribution in [1.82, 2.24) is 9.55 Å². The number of hydrogen-bond donors (Lipinski definition) is 0. The lowest BCUT2D eigenvalue weighted by Crippen LogP contribution is -2.05. The van der Waals surface area contributed by atoms with Crippen LogP contribution in [0.1, 0.15) is 24.5 Å². The standard InChI is InChI=1S/C15H11IN2O2/c16-12-7-20-14-4-3-10(5-11(14)15(12)19)18-6-13(17-8-18)9-1-2-9/h3-9H,1-2H2. The molecule has 0 radical (unpaired) electrons. The number of fused-ring (bicyclic) bond motifs is 1. The molecule has 1 saturated carbocycles. The van der Waals surface area contributed by atoms with Crippen LogP contribution in [-0.4, -0.2) is 9.55 Å². The highest BCUT2D eigenvalue weighted by Crippen LogP contribution is 2.39. The Kier molecular flexibility index (Phi) is 2.70. The van der Waals surface area contributed by atoms with Crippen LogP contribution in [0.2, 0.25) is 0 Å². The summed E-state index contributed by atoms with van der Waals surface area (Å²) in [6.07, 6.45) is 7.82. The molecule has 1 aliphatic rings. The summed E-state index contributed by atoms with van der Waals surface area (Å²) >= 11 is 1.99. The zero-order chi connectivity index (χ0) is 13.7. The van der Waals surface area contributed by atoms with Crippen molar-refractivity contribution in [2.45, 2.75) is 18.8 Å². The van der Waals surface area contributed by atoms with Gasteiger partial charge in [0, 0.05) is 17.8 Å². The van der Waals surface area contributed by atoms with Gasteiger partial charge in [-0.05, 0) is 53.6 Å². The van der Waals surface area contributed by atoms with Gasteiger partial charge in [0.15, 0.2) is 0 Å². The Bertz CT molecular complexity index is 862. The Morgan fingerprint density at radius 2 is 2.20 bits per heavy atom. The summed E-state index contributed by atoms with van der Waals surface area (Å²) in [4.78, 5) is 16.6. The van der Waals surface area contributed by atoms with E-state index in [9.17, 15) is 4.79 Å². The van der Waals surface area contributed by atoms with E-state index in [-0.39, 0.29) is 5.43 Å². The summed E-state index contributed by atoms with van der Waals surface area (Å²) in [6, 6.07) is 5.64. The van der Waals surface area contributed by atoms with Crippen LogP contribution in [0.4, 0.5) is 0 Å². The minimum Gasteiger partial charge on any atom is -0.463 e. The molecule has 1 aromatic carbocycles. The Labute approximate surface area is 128 Å². The molecule has 2 heterocycles. The second-order valence-corrected chi connectivity index (χ2v) is 6.24. The Morgan fingerprint density at radius 3 is 3.00 bits per heavy atom. The molecule has 0 N–H and O–H groups in total. The molecule has 4 rings (SSSR count). The van der Waals surface area contributed by atoms with Crippen molar-refractivity contribution < 1.29 is 4.42 Å². The van der Waals surface area contributed by atoms with E-state index in [1.165, 1.54) is 19.1 Å². The summed E-state index contributed by atoms with van der Waals surface area (Å²) < 4.78 is 7.99. The van der Waals surface area contributed by atoms with Gasteiger partial charge in [0.1, 0.15) is 11.8 Å². The van der Waals surface area contributed by atoms with E-state index in [2.05, 4.69) is 4.98 Å². The minimum absolute atomic E-state index is 0.0104. The lowest BCUT2D eigenvalue weighted by molar-refractivity contribution is 0.598. The molecule has 0 bridgehead atoms. The number of imidazole rings is 1. The summed E-state index contributed by atoms with van der Waals surface area (Å²) in [5, 5.41) is 0.607. The first-order valence-electron chi connectivity index (χ1n) is 6.48. The number of halogens is 1. The van der Waals surface area contributed by atoms with E-state index in [1.54, 1.807) is 0 Å². The molecule has 5 heteroatoms. The number of rotatable bonds is 2. The van der Waals surface area contributed by atoms with E-state index in [1.807, 2.05) is 57.9 Å². The second kappa shape index (κ2) is 4.44. The van der Waals surface area contributed by atoms with E-state index in [0.717, 1.165) is 11.4 Å². The first-order valence-corrected chi connectivity index (χ1v) is 7.55. The van der Waals surface area contributed by atoms with Crippen LogP contribution in [0.15, 0.2) is 46.2 Å². The SMILES string of the molecule is O=c1c(I)coc2ccc(-n3cnc(C4CC4)c3)cc12. The molecule has 1 fully saturated rings. The molecule has 4 nitrogen and oxygen atoms in total. The molecular formula is C15H11IN2O2. The van der Waals surface area contributed by atoms with Crippen molar-refractivity contribution in [3.63, 3.8) is 0 Å². The third-order valence-electron chi connectivity index (χ3n) is 3.61. The summed E-state index contributed by atoms with van der Waals surface area (Å²) in [7, 11) is 0. The van der Waals surface area contributed by atoms with Crippen LogP contribution in [0.5, 0.6) is 0 Å². The first-order chi connectivity index (χ1) is 9.72. The predicted molar refractivity (Wildman–Crippen MR) is 84.3 cm³/mol. The van der Waals surface area contributed by atoms with Gasteiger partial charge in [-0.1, -0.05) is 0 Å². The Morgan fingerprint density at radius 1 is 1.35 bits per heavy atom. The fraction of sp³-hybridized carbons (Fsp3) is 0.200. The van der Waals surface area contributed by atoms with E-state index < -0.39 is 0 Å². The lowest BCUT2D eigenvalue weighted by Gasteiger charge is -2.03. The third-order valence-corrected chi connectivity index (χ3v) is 4.35. The summed E-state index contributed by atoms with van der Waals surface area (Å²) in [5.74, 6) is 0.628. The van der Waals surface area contributed by atoms with Gasteiger partial charge in [0.2, 0.25) is 5.43 Å². The molecule has 0 amide bonds. The van der Waals surface area contributed by atoms with E-state index in [0.29, 0.717) is 20.5 Å². The molecule has 20 heavy (non-hydrogen) atoms. The maximum Gasteiger partial charge on any atom is 0.206 e. The third kappa shape index (κ3) is 1.96. The van der Waals surface area contributed by atoms with Crippen LogP contribution < -0.4 is 5.43 Å². The molecular weight excluding hydrogens is 367 g/mol. The molecule has 0 spiro atoms. The largest absolute Gasteiger partial charge is 0.463 e. The average Bonchev–Trinajstić information content (AvgIpc) is 3.20. The topological polar surface area (TPSA) is 48.0 Å². The van der Waals surface area contributed by atoms with Crippen LogP contribution in [0.3, 0.4) is 0 Å². The fourth-order valence-electron chi connectivity index (χ4n) is 2.33. The van der Waals surface area contributed by atoms with Gasteiger partial charge in [0.25, 0.3) is 0 Å². The van der Waals surface area contributed by atoms with Crippen molar-refractivity contribution in [2.75, 3.05) is 0 Å². The van der Waals surface area contributed by atoms with E-state index >= 15 is 0 Å². The maximum atomic E-state index is 12.1. The van der Waals surface area contributed by atoms with Gasteiger partial charge in [-0.3, -0.25) is 4.79 Å². The van der Waals surface area contributed by atoms with Crippen molar-refractivity contribution in [3.05, 3.63) is 56.5 Å². The molecule has 1 aliphatic carbocycles. The molecule has 0 aliphatic heterocycles. The van der Waals surface area contributed by atoms with Gasteiger partial charge in [-0.15, -0.1) is 0 Å². The summed E-state index contributed by atoms with van der Waals surface area (Å²) in [5.41, 5.74) is 2.70. The molecule has 0 unspecified atom stereocenters. The maximum absolute atomic E-state index is 12.1. The van der Waals surface area contributed by atoms with Crippen molar-refractivity contribution in [1.29, 1.82) is 0 Å². The van der Waals surface area contributed by atoms with Crippen LogP contribution in [0.25, 0.3) is 16.7 Å². The number of aromatic nitrogens is 2. The summed E-state index contributed by atoms with van der Waals surface area (Å²) in [6.45, 7) is 0. The van der Waals surface area contributed by atoms with Crippen LogP contribution in [-0.2, 0) is 0 Å². The van der Waals surface area contributed by atoms with Crippen molar-refractivity contribution in [3.8, 4) is 5.69 Å². The number of nitrogens with zero attached hydrogens (tertiary/aromatic N) is 2. The first kappa shape index (κ1) is 12.1. The van der Waals surface area contributed by atoms with Gasteiger partial charge in [0.05, 0.1) is 21.0 Å². The smallest absolute Gasteiger partial charge is 0.206 e. The fourth-order valence-corrected chi connectivity index (χ4v) is 2.74. The highest BCUT2D eigenvalue weighted by molar-refractivity contribution is 14.1. The number of benzene rings is 1. The highest BCUT2D eigenvalue weighted by Gasteiger charge is 2.25. The Hall–Kier alpha value is -1.63. The normalized spacial score (nSPS) is 14.8. The van der Waals surface area contributed by atoms with Crippen molar-refractivity contribution in [2.24, 2.45) is 0 Å². The van der Waals surface area contributed by atoms with Crippen LogP contribution >= 0.6 is 22.6 Å². The molecule has 3 aromatic rings. The minimum atomic E-state index is 0.0104. The van der Waals surface area contributed by atoms with Crippen LogP contribution in [0, 0.1) is 3.57 Å². The second-order valence-electron chi connectivity index (χ2n) is 5.07. The Balaban J connectivity index is 1.86. The van der Waals surface area contributed by atoms with Crippen molar-refractivity contribution >= 4 is 33.6 Å². The highest BCUT2D eigenvalue weighted by atomic mass is 127. The number of hydrogen-bond acceptors (Lipinski definition) is 3. The molecule has 0 atom stereocenters. The predicted octanol–water partition coefficient (Wildman–Crippen LogP) is 3.46. The molecule has 0 saturated heterocycles.